The van der Waals surface area contributed by atoms with Gasteiger partial charge in [-0.05, 0) is 54.5 Å². The number of allylic oxidation sites excluding steroid dienone is 2. The highest BCUT2D eigenvalue weighted by molar-refractivity contribution is 5.75. The molecule has 0 fully saturated rings. The van der Waals surface area contributed by atoms with Crippen molar-refractivity contribution in [2.75, 3.05) is 7.11 Å². The largest absolute Gasteiger partial charge is 0.469 e. The van der Waals surface area contributed by atoms with Crippen LogP contribution >= 0.6 is 0 Å². The molecular weight excluding hydrogens is 416 g/mol. The minimum Gasteiger partial charge on any atom is -0.469 e. The summed E-state index contributed by atoms with van der Waals surface area (Å²) in [5.74, 6) is -0.294. The van der Waals surface area contributed by atoms with E-state index in [-0.39, 0.29) is 11.9 Å². The van der Waals surface area contributed by atoms with Gasteiger partial charge in [-0.1, -0.05) is 115 Å². The number of carbonyl (C=O) groups excluding carboxylic acids is 1. The molecule has 0 radical (unpaired) electrons. The quantitative estimate of drug-likeness (QED) is 0.228. The van der Waals surface area contributed by atoms with Crippen molar-refractivity contribution in [3.8, 4) is 0 Å². The van der Waals surface area contributed by atoms with Crippen molar-refractivity contribution in [2.45, 2.75) is 52.4 Å². The summed E-state index contributed by atoms with van der Waals surface area (Å²) in [7, 11) is 1.47. The molecule has 2 nitrogen and oxygen atoms in total. The van der Waals surface area contributed by atoms with Gasteiger partial charge >= 0.3 is 5.97 Å². The zero-order chi connectivity index (χ0) is 24.3. The lowest BCUT2D eigenvalue weighted by Crippen LogP contribution is -2.13. The Bertz CT molecular complexity index is 1100. The van der Waals surface area contributed by atoms with Gasteiger partial charge in [0.25, 0.3) is 0 Å². The highest BCUT2D eigenvalue weighted by atomic mass is 16.5. The van der Waals surface area contributed by atoms with Gasteiger partial charge in [-0.3, -0.25) is 4.79 Å². The molecule has 0 aliphatic rings. The van der Waals surface area contributed by atoms with E-state index in [0.717, 1.165) is 30.4 Å². The maximum atomic E-state index is 12.6. The number of benzene rings is 3. The fourth-order valence-electron chi connectivity index (χ4n) is 4.13. The molecule has 0 aliphatic heterocycles. The average molecular weight is 453 g/mol. The van der Waals surface area contributed by atoms with Crippen LogP contribution in [0.15, 0.2) is 90.0 Å². The number of methoxy groups -OCH3 is 1. The van der Waals surface area contributed by atoms with Gasteiger partial charge < -0.3 is 4.74 Å². The SMILES string of the molecule is CCCCC(=C/c1ccc(C)cc1)/C(=C/c1ccc(C)cc1)C(CC(=O)OC)c1ccccc1. The minimum absolute atomic E-state index is 0.0940. The Labute approximate surface area is 205 Å². The highest BCUT2D eigenvalue weighted by Gasteiger charge is 2.23. The van der Waals surface area contributed by atoms with Crippen LogP contribution in [0.3, 0.4) is 0 Å². The molecule has 0 bridgehead atoms. The Morgan fingerprint density at radius 3 is 1.91 bits per heavy atom. The van der Waals surface area contributed by atoms with Crippen molar-refractivity contribution in [1.82, 2.24) is 0 Å². The average Bonchev–Trinajstić information content (AvgIpc) is 2.86. The molecule has 3 aromatic carbocycles. The van der Waals surface area contributed by atoms with Crippen molar-refractivity contribution in [2.24, 2.45) is 0 Å². The lowest BCUT2D eigenvalue weighted by molar-refractivity contribution is -0.140. The molecule has 176 valence electrons. The summed E-state index contributed by atoms with van der Waals surface area (Å²) in [5, 5.41) is 0. The molecule has 0 aliphatic carbocycles. The van der Waals surface area contributed by atoms with Crippen LogP contribution in [0.2, 0.25) is 0 Å². The van der Waals surface area contributed by atoms with Crippen LogP contribution < -0.4 is 0 Å². The fourth-order valence-corrected chi connectivity index (χ4v) is 4.13. The highest BCUT2D eigenvalue weighted by Crippen LogP contribution is 2.37. The molecule has 1 atom stereocenters. The molecule has 0 saturated heterocycles. The van der Waals surface area contributed by atoms with E-state index in [1.165, 1.54) is 34.9 Å². The number of hydrogen-bond acceptors (Lipinski definition) is 2. The minimum atomic E-state index is -0.200. The molecule has 0 heterocycles. The molecule has 34 heavy (non-hydrogen) atoms. The van der Waals surface area contributed by atoms with Crippen LogP contribution in [0.5, 0.6) is 0 Å². The zero-order valence-corrected chi connectivity index (χ0v) is 20.9. The van der Waals surface area contributed by atoms with E-state index in [4.69, 9.17) is 4.74 Å². The van der Waals surface area contributed by atoms with Gasteiger partial charge in [0.1, 0.15) is 0 Å². The monoisotopic (exact) mass is 452 g/mol. The van der Waals surface area contributed by atoms with Crippen molar-refractivity contribution < 1.29 is 9.53 Å². The normalized spacial score (nSPS) is 12.9. The molecule has 3 aromatic rings. The first-order valence-electron chi connectivity index (χ1n) is 12.2. The molecular formula is C32H36O2. The second-order valence-electron chi connectivity index (χ2n) is 8.94. The number of esters is 1. The summed E-state index contributed by atoms with van der Waals surface area (Å²) in [6, 6.07) is 27.5. The van der Waals surface area contributed by atoms with Crippen LogP contribution in [0.25, 0.3) is 12.2 Å². The summed E-state index contributed by atoms with van der Waals surface area (Å²) in [6.45, 7) is 6.42. The molecule has 0 spiro atoms. The molecule has 0 aromatic heterocycles. The Morgan fingerprint density at radius 2 is 1.38 bits per heavy atom. The second-order valence-corrected chi connectivity index (χ2v) is 8.94. The van der Waals surface area contributed by atoms with E-state index in [0.29, 0.717) is 6.42 Å². The number of ether oxygens (including phenoxy) is 1. The topological polar surface area (TPSA) is 26.3 Å². The number of aryl methyl sites for hydroxylation is 2. The predicted molar refractivity (Wildman–Crippen MR) is 144 cm³/mol. The molecule has 3 rings (SSSR count). The maximum Gasteiger partial charge on any atom is 0.306 e. The number of carbonyl (C=O) groups is 1. The standard InChI is InChI=1S/C32H36O2/c1-5-6-10-29(21-26-17-13-24(2)14-18-26)30(22-27-19-15-25(3)16-20-27)31(23-32(33)34-4)28-11-8-7-9-12-28/h7-9,11-22,31H,5-6,10,23H2,1-4H3/b29-21-,30-22-. The van der Waals surface area contributed by atoms with Gasteiger partial charge in [0.15, 0.2) is 0 Å². The van der Waals surface area contributed by atoms with Crippen LogP contribution in [0, 0.1) is 13.8 Å². The number of rotatable bonds is 10. The van der Waals surface area contributed by atoms with E-state index in [9.17, 15) is 4.79 Å². The van der Waals surface area contributed by atoms with Gasteiger partial charge in [0.05, 0.1) is 13.5 Å². The summed E-state index contributed by atoms with van der Waals surface area (Å²) >= 11 is 0. The van der Waals surface area contributed by atoms with E-state index in [1.807, 2.05) is 18.2 Å². The number of hydrogen-bond donors (Lipinski definition) is 0. The number of unbranched alkanes of at least 4 members (excludes halogenated alkanes) is 1. The summed E-state index contributed by atoms with van der Waals surface area (Å²) in [6.07, 6.45) is 8.00. The summed E-state index contributed by atoms with van der Waals surface area (Å²) in [5.41, 5.74) is 8.36. The van der Waals surface area contributed by atoms with Crippen LogP contribution in [-0.2, 0) is 9.53 Å². The van der Waals surface area contributed by atoms with E-state index >= 15 is 0 Å². The Kier molecular flexibility index (Phi) is 9.46. The lowest BCUT2D eigenvalue weighted by atomic mass is 9.81. The summed E-state index contributed by atoms with van der Waals surface area (Å²) < 4.78 is 5.13. The third kappa shape index (κ3) is 7.31. The lowest BCUT2D eigenvalue weighted by Gasteiger charge is -2.24. The predicted octanol–water partition coefficient (Wildman–Crippen LogP) is 8.31. The molecule has 0 amide bonds. The van der Waals surface area contributed by atoms with Gasteiger partial charge in [0.2, 0.25) is 0 Å². The second kappa shape index (κ2) is 12.7. The first-order chi connectivity index (χ1) is 16.5. The third-order valence-corrected chi connectivity index (χ3v) is 6.16. The van der Waals surface area contributed by atoms with Gasteiger partial charge in [-0.15, -0.1) is 0 Å². The van der Waals surface area contributed by atoms with E-state index in [2.05, 4.69) is 93.6 Å². The Morgan fingerprint density at radius 1 is 0.824 bits per heavy atom. The molecule has 0 saturated carbocycles. The van der Waals surface area contributed by atoms with Crippen LogP contribution in [-0.4, -0.2) is 13.1 Å². The fraction of sp³-hybridized carbons (Fsp3) is 0.281. The van der Waals surface area contributed by atoms with Gasteiger partial charge in [-0.25, -0.2) is 0 Å². The van der Waals surface area contributed by atoms with Crippen molar-refractivity contribution in [3.63, 3.8) is 0 Å². The van der Waals surface area contributed by atoms with Gasteiger partial charge in [-0.2, -0.15) is 0 Å². The zero-order valence-electron chi connectivity index (χ0n) is 20.9. The third-order valence-electron chi connectivity index (χ3n) is 6.16. The van der Waals surface area contributed by atoms with Crippen molar-refractivity contribution in [3.05, 3.63) is 118 Å². The smallest absolute Gasteiger partial charge is 0.306 e. The Hall–Kier alpha value is -3.39. The van der Waals surface area contributed by atoms with Gasteiger partial charge in [0, 0.05) is 5.92 Å². The summed E-state index contributed by atoms with van der Waals surface area (Å²) in [4.78, 5) is 12.6. The van der Waals surface area contributed by atoms with Crippen molar-refractivity contribution >= 4 is 18.1 Å². The molecule has 2 heteroatoms. The first kappa shape index (κ1) is 25.2. The first-order valence-corrected chi connectivity index (χ1v) is 12.2. The van der Waals surface area contributed by atoms with Crippen molar-refractivity contribution in [1.29, 1.82) is 0 Å². The van der Waals surface area contributed by atoms with Crippen LogP contribution in [0.4, 0.5) is 0 Å². The maximum absolute atomic E-state index is 12.6. The van der Waals surface area contributed by atoms with E-state index < -0.39 is 0 Å². The molecule has 0 N–H and O–H groups in total. The van der Waals surface area contributed by atoms with E-state index in [1.54, 1.807) is 0 Å². The molecule has 1 unspecified atom stereocenters. The van der Waals surface area contributed by atoms with Crippen LogP contribution in [0.1, 0.15) is 66.3 Å². The Balaban J connectivity index is 2.20.